The fourth-order valence-electron chi connectivity index (χ4n) is 3.49. The number of benzene rings is 2. The summed E-state index contributed by atoms with van der Waals surface area (Å²) in [5, 5.41) is 4.16. The second-order valence-corrected chi connectivity index (χ2v) is 8.53. The van der Waals surface area contributed by atoms with E-state index in [1.54, 1.807) is 4.90 Å². The lowest BCUT2D eigenvalue weighted by Crippen LogP contribution is -2.24. The predicted molar refractivity (Wildman–Crippen MR) is 109 cm³/mol. The molecule has 1 aliphatic heterocycles. The number of carbonyl (C=O) groups is 1. The predicted octanol–water partition coefficient (Wildman–Crippen LogP) is 4.86. The number of anilines is 1. The second kappa shape index (κ2) is 6.89. The number of hydrogen-bond acceptors (Lipinski definition) is 4. The molecule has 3 aromatic rings. The van der Waals surface area contributed by atoms with Crippen LogP contribution in [0.1, 0.15) is 50.1 Å². The van der Waals surface area contributed by atoms with Crippen LogP contribution in [0, 0.1) is 6.92 Å². The summed E-state index contributed by atoms with van der Waals surface area (Å²) in [5.74, 6) is 1.13. The van der Waals surface area contributed by atoms with Crippen LogP contribution in [0.4, 0.5) is 5.69 Å². The van der Waals surface area contributed by atoms with Gasteiger partial charge in [-0.15, -0.1) is 0 Å². The van der Waals surface area contributed by atoms with Crippen LogP contribution in [0.2, 0.25) is 0 Å². The molecule has 4 rings (SSSR count). The van der Waals surface area contributed by atoms with E-state index in [0.717, 1.165) is 11.3 Å². The lowest BCUT2D eigenvalue weighted by molar-refractivity contribution is -0.117. The average molecular weight is 375 g/mol. The normalized spacial score (nSPS) is 17.4. The maximum Gasteiger partial charge on any atom is 0.257 e. The maximum absolute atomic E-state index is 12.5. The van der Waals surface area contributed by atoms with Gasteiger partial charge < -0.3 is 9.42 Å². The Morgan fingerprint density at radius 2 is 1.71 bits per heavy atom. The molecule has 0 bridgehead atoms. The van der Waals surface area contributed by atoms with Crippen molar-refractivity contribution in [2.75, 3.05) is 11.4 Å². The highest BCUT2D eigenvalue weighted by Crippen LogP contribution is 2.32. The fourth-order valence-corrected chi connectivity index (χ4v) is 3.49. The minimum absolute atomic E-state index is 0.0554. The van der Waals surface area contributed by atoms with Gasteiger partial charge in [0.2, 0.25) is 5.91 Å². The van der Waals surface area contributed by atoms with E-state index in [9.17, 15) is 4.79 Å². The first-order valence-electron chi connectivity index (χ1n) is 9.63. The maximum atomic E-state index is 12.5. The molecule has 1 unspecified atom stereocenters. The van der Waals surface area contributed by atoms with Crippen LogP contribution in [-0.4, -0.2) is 22.6 Å². The Hall–Kier alpha value is -2.95. The summed E-state index contributed by atoms with van der Waals surface area (Å²) in [6.07, 6.45) is 0.399. The van der Waals surface area contributed by atoms with Crippen molar-refractivity contribution in [2.24, 2.45) is 0 Å². The van der Waals surface area contributed by atoms with Crippen LogP contribution in [0.15, 0.2) is 53.1 Å². The van der Waals surface area contributed by atoms with Gasteiger partial charge in [0, 0.05) is 30.1 Å². The summed E-state index contributed by atoms with van der Waals surface area (Å²) in [4.78, 5) is 18.9. The molecule has 1 atom stereocenters. The molecule has 0 radical (unpaired) electrons. The van der Waals surface area contributed by atoms with Gasteiger partial charge in [0.15, 0.2) is 5.82 Å². The molecule has 28 heavy (non-hydrogen) atoms. The van der Waals surface area contributed by atoms with Crippen LogP contribution in [0.25, 0.3) is 11.5 Å². The molecule has 0 spiro atoms. The number of aryl methyl sites for hydroxylation is 1. The minimum atomic E-state index is -0.0554. The van der Waals surface area contributed by atoms with E-state index >= 15 is 0 Å². The summed E-state index contributed by atoms with van der Waals surface area (Å²) in [6.45, 7) is 9.16. The van der Waals surface area contributed by atoms with Gasteiger partial charge in [-0.25, -0.2) is 0 Å². The van der Waals surface area contributed by atoms with E-state index in [-0.39, 0.29) is 17.2 Å². The van der Waals surface area contributed by atoms with Crippen molar-refractivity contribution in [3.05, 3.63) is 65.5 Å². The molecule has 144 valence electrons. The standard InChI is InChI=1S/C23H25N3O2/c1-15-5-11-19(12-6-15)26-14-17(13-20(26)27)21-24-22(28-25-21)16-7-9-18(10-8-16)23(2,3)4/h5-12,17H,13-14H2,1-4H3. The van der Waals surface area contributed by atoms with E-state index in [0.29, 0.717) is 24.7 Å². The van der Waals surface area contributed by atoms with E-state index in [1.165, 1.54) is 11.1 Å². The first-order chi connectivity index (χ1) is 13.3. The zero-order chi connectivity index (χ0) is 19.9. The van der Waals surface area contributed by atoms with Gasteiger partial charge in [-0.05, 0) is 42.2 Å². The van der Waals surface area contributed by atoms with Crippen molar-refractivity contribution in [1.29, 1.82) is 0 Å². The fraction of sp³-hybridized carbons (Fsp3) is 0.348. The SMILES string of the molecule is Cc1ccc(N2CC(c3noc(-c4ccc(C(C)(C)C)cc4)n3)CC2=O)cc1. The van der Waals surface area contributed by atoms with Gasteiger partial charge in [-0.1, -0.05) is 55.8 Å². The molecule has 2 aromatic carbocycles. The Morgan fingerprint density at radius 3 is 2.36 bits per heavy atom. The number of rotatable bonds is 3. The van der Waals surface area contributed by atoms with Crippen molar-refractivity contribution < 1.29 is 9.32 Å². The smallest absolute Gasteiger partial charge is 0.257 e. The van der Waals surface area contributed by atoms with Crippen molar-refractivity contribution in [2.45, 2.75) is 45.4 Å². The third-order valence-electron chi connectivity index (χ3n) is 5.28. The molecular weight excluding hydrogens is 350 g/mol. The van der Waals surface area contributed by atoms with Crippen molar-refractivity contribution in [1.82, 2.24) is 10.1 Å². The van der Waals surface area contributed by atoms with Crippen LogP contribution < -0.4 is 4.90 Å². The Morgan fingerprint density at radius 1 is 1.04 bits per heavy atom. The van der Waals surface area contributed by atoms with Crippen molar-refractivity contribution in [3.8, 4) is 11.5 Å². The van der Waals surface area contributed by atoms with Gasteiger partial charge in [0.05, 0.1) is 0 Å². The van der Waals surface area contributed by atoms with Gasteiger partial charge in [0.25, 0.3) is 5.89 Å². The zero-order valence-electron chi connectivity index (χ0n) is 16.8. The molecule has 0 aliphatic carbocycles. The van der Waals surface area contributed by atoms with E-state index in [1.807, 2.05) is 43.3 Å². The number of nitrogens with zero attached hydrogens (tertiary/aromatic N) is 3. The molecule has 1 saturated heterocycles. The first kappa shape index (κ1) is 18.4. The van der Waals surface area contributed by atoms with Gasteiger partial charge in [-0.3, -0.25) is 4.79 Å². The van der Waals surface area contributed by atoms with E-state index < -0.39 is 0 Å². The minimum Gasteiger partial charge on any atom is -0.334 e. The van der Waals surface area contributed by atoms with Gasteiger partial charge >= 0.3 is 0 Å². The van der Waals surface area contributed by atoms with Crippen LogP contribution in [0.3, 0.4) is 0 Å². The van der Waals surface area contributed by atoms with Crippen LogP contribution in [-0.2, 0) is 10.2 Å². The molecule has 1 amide bonds. The molecule has 1 fully saturated rings. The summed E-state index contributed by atoms with van der Waals surface area (Å²) < 4.78 is 5.49. The Bertz CT molecular complexity index is 982. The number of aromatic nitrogens is 2. The van der Waals surface area contributed by atoms with E-state index in [2.05, 4.69) is 43.0 Å². The third kappa shape index (κ3) is 3.57. The molecular formula is C23H25N3O2. The highest BCUT2D eigenvalue weighted by atomic mass is 16.5. The quantitative estimate of drug-likeness (QED) is 0.656. The zero-order valence-corrected chi connectivity index (χ0v) is 16.8. The molecule has 1 aliphatic rings. The molecule has 2 heterocycles. The van der Waals surface area contributed by atoms with Crippen molar-refractivity contribution >= 4 is 11.6 Å². The van der Waals surface area contributed by atoms with Crippen LogP contribution in [0.5, 0.6) is 0 Å². The highest BCUT2D eigenvalue weighted by Gasteiger charge is 2.34. The summed E-state index contributed by atoms with van der Waals surface area (Å²) in [7, 11) is 0. The third-order valence-corrected chi connectivity index (χ3v) is 5.28. The molecule has 5 nitrogen and oxygen atoms in total. The first-order valence-corrected chi connectivity index (χ1v) is 9.63. The lowest BCUT2D eigenvalue weighted by atomic mass is 9.87. The highest BCUT2D eigenvalue weighted by molar-refractivity contribution is 5.96. The van der Waals surface area contributed by atoms with Gasteiger partial charge in [-0.2, -0.15) is 4.98 Å². The number of amides is 1. The van der Waals surface area contributed by atoms with Gasteiger partial charge in [0.1, 0.15) is 0 Å². The van der Waals surface area contributed by atoms with E-state index in [4.69, 9.17) is 4.52 Å². The Kier molecular flexibility index (Phi) is 4.53. The molecule has 0 saturated carbocycles. The summed E-state index contributed by atoms with van der Waals surface area (Å²) in [5.41, 5.74) is 4.34. The Labute approximate surface area is 165 Å². The number of hydrogen-bond donors (Lipinski definition) is 0. The summed E-state index contributed by atoms with van der Waals surface area (Å²) in [6, 6.07) is 16.2. The largest absolute Gasteiger partial charge is 0.334 e. The summed E-state index contributed by atoms with van der Waals surface area (Å²) >= 11 is 0. The molecule has 1 aromatic heterocycles. The molecule has 0 N–H and O–H groups in total. The monoisotopic (exact) mass is 375 g/mol. The Balaban J connectivity index is 1.52. The second-order valence-electron chi connectivity index (χ2n) is 8.53. The average Bonchev–Trinajstić information content (AvgIpc) is 3.29. The molecule has 5 heteroatoms. The topological polar surface area (TPSA) is 59.2 Å². The van der Waals surface area contributed by atoms with Crippen molar-refractivity contribution in [3.63, 3.8) is 0 Å². The lowest BCUT2D eigenvalue weighted by Gasteiger charge is -2.18. The van der Waals surface area contributed by atoms with Crippen LogP contribution >= 0.6 is 0 Å². The number of carbonyl (C=O) groups excluding carboxylic acids is 1.